The summed E-state index contributed by atoms with van der Waals surface area (Å²) in [4.78, 5) is 37.4. The van der Waals surface area contributed by atoms with Crippen molar-refractivity contribution >= 4 is 34.0 Å². The number of benzene rings is 2. The minimum Gasteiger partial charge on any atom is -0.462 e. The summed E-state index contributed by atoms with van der Waals surface area (Å²) in [5.41, 5.74) is 3.60. The highest BCUT2D eigenvalue weighted by atomic mass is 79.9. The first-order chi connectivity index (χ1) is 15.9. The third-order valence-corrected chi connectivity index (χ3v) is 5.52. The monoisotopic (exact) mass is 531 g/mol. The van der Waals surface area contributed by atoms with Crippen LogP contribution in [0.4, 0.5) is 4.79 Å². The van der Waals surface area contributed by atoms with E-state index in [9.17, 15) is 14.4 Å². The van der Waals surface area contributed by atoms with E-state index < -0.39 is 34.0 Å². The number of carbonyl (C=O) groups is 3. The number of alkyl carbamates (subject to hydrolysis) is 1. The van der Waals surface area contributed by atoms with E-state index in [0.717, 1.165) is 22.3 Å². The highest BCUT2D eigenvalue weighted by Gasteiger charge is 2.33. The molecule has 2 aromatic rings. The molecule has 0 bridgehead atoms. The van der Waals surface area contributed by atoms with Crippen LogP contribution in [0.1, 0.15) is 51.7 Å². The molecule has 8 heteroatoms. The van der Waals surface area contributed by atoms with E-state index >= 15 is 0 Å². The molecule has 0 heterocycles. The average Bonchev–Trinajstić information content (AvgIpc) is 3.07. The fourth-order valence-corrected chi connectivity index (χ4v) is 3.77. The average molecular weight is 532 g/mol. The fraction of sp³-hybridized carbons (Fsp3) is 0.423. The second-order valence-corrected chi connectivity index (χ2v) is 11.6. The van der Waals surface area contributed by atoms with E-state index in [2.05, 4.69) is 21.2 Å². The summed E-state index contributed by atoms with van der Waals surface area (Å²) in [7, 11) is 0. The minimum absolute atomic E-state index is 0.0924. The Kier molecular flexibility index (Phi) is 7.70. The van der Waals surface area contributed by atoms with Crippen molar-refractivity contribution in [3.05, 3.63) is 59.7 Å². The molecule has 3 rings (SSSR count). The van der Waals surface area contributed by atoms with Crippen molar-refractivity contribution in [3.63, 3.8) is 0 Å². The molecule has 1 aliphatic carbocycles. The van der Waals surface area contributed by atoms with Crippen molar-refractivity contribution in [2.75, 3.05) is 13.2 Å². The maximum absolute atomic E-state index is 12.7. The smallest absolute Gasteiger partial charge is 0.407 e. The predicted octanol–water partition coefficient (Wildman–Crippen LogP) is 4.95. The minimum atomic E-state index is -1.21. The van der Waals surface area contributed by atoms with E-state index in [4.69, 9.17) is 14.2 Å². The number of hydrogen-bond acceptors (Lipinski definition) is 6. The van der Waals surface area contributed by atoms with Crippen LogP contribution < -0.4 is 5.32 Å². The third kappa shape index (κ3) is 6.38. The summed E-state index contributed by atoms with van der Waals surface area (Å²) in [6, 6.07) is 14.8. The van der Waals surface area contributed by atoms with Gasteiger partial charge in [0.15, 0.2) is 6.04 Å². The van der Waals surface area contributed by atoms with Gasteiger partial charge in [-0.3, -0.25) is 4.79 Å². The van der Waals surface area contributed by atoms with Crippen LogP contribution in [0, 0.1) is 0 Å². The first kappa shape index (κ1) is 25.7. The van der Waals surface area contributed by atoms with Crippen LogP contribution in [-0.2, 0) is 23.8 Å². The Labute approximate surface area is 208 Å². The molecule has 182 valence electrons. The van der Waals surface area contributed by atoms with Gasteiger partial charge >= 0.3 is 18.0 Å². The molecule has 0 spiro atoms. The zero-order chi connectivity index (χ0) is 25.1. The molecule has 1 atom stereocenters. The lowest BCUT2D eigenvalue weighted by Gasteiger charge is -2.25. The normalized spacial score (nSPS) is 13.9. The number of fused-ring (bicyclic) bond motifs is 3. The Morgan fingerprint density at radius 3 is 1.94 bits per heavy atom. The van der Waals surface area contributed by atoms with Gasteiger partial charge in [-0.1, -0.05) is 64.5 Å². The number of carbonyl (C=O) groups excluding carboxylic acids is 3. The van der Waals surface area contributed by atoms with Crippen LogP contribution in [0.15, 0.2) is 48.5 Å². The van der Waals surface area contributed by atoms with Crippen LogP contribution in [0.25, 0.3) is 11.1 Å². The Morgan fingerprint density at radius 1 is 0.912 bits per heavy atom. The molecular weight excluding hydrogens is 502 g/mol. The van der Waals surface area contributed by atoms with E-state index in [1.807, 2.05) is 48.5 Å². The molecule has 0 unspecified atom stereocenters. The number of ether oxygens (including phenoxy) is 3. The molecule has 1 amide bonds. The second kappa shape index (κ2) is 10.2. The molecule has 0 radical (unpaired) electrons. The molecule has 0 saturated heterocycles. The van der Waals surface area contributed by atoms with Crippen LogP contribution in [0.3, 0.4) is 0 Å². The molecule has 2 aromatic carbocycles. The maximum atomic E-state index is 12.7. The lowest BCUT2D eigenvalue weighted by molar-refractivity contribution is -0.161. The van der Waals surface area contributed by atoms with Crippen LogP contribution >= 0.6 is 15.9 Å². The SMILES string of the molecule is CC(C)(C)OC(=O)[C@H](COC(=O)C(C)(C)Br)NC(=O)OCC1c2ccccc2-c2ccccc21. The number of hydrogen-bond donors (Lipinski definition) is 1. The molecule has 34 heavy (non-hydrogen) atoms. The fourth-order valence-electron chi connectivity index (χ4n) is 3.65. The van der Waals surface area contributed by atoms with Gasteiger partial charge in [0.05, 0.1) is 0 Å². The van der Waals surface area contributed by atoms with Crippen molar-refractivity contribution in [3.8, 4) is 11.1 Å². The zero-order valence-electron chi connectivity index (χ0n) is 20.0. The quantitative estimate of drug-likeness (QED) is 0.308. The molecular formula is C26H30BrNO6. The maximum Gasteiger partial charge on any atom is 0.407 e. The summed E-state index contributed by atoms with van der Waals surface area (Å²) in [6.45, 7) is 8.09. The van der Waals surface area contributed by atoms with Gasteiger partial charge in [0.25, 0.3) is 0 Å². The Bertz CT molecular complexity index is 1020. The van der Waals surface area contributed by atoms with Crippen molar-refractivity contribution in [2.45, 2.75) is 56.5 Å². The Balaban J connectivity index is 1.68. The van der Waals surface area contributed by atoms with Crippen LogP contribution in [-0.4, -0.2) is 47.2 Å². The first-order valence-corrected chi connectivity index (χ1v) is 11.9. The summed E-state index contributed by atoms with van der Waals surface area (Å²) in [6.07, 6.45) is -0.799. The zero-order valence-corrected chi connectivity index (χ0v) is 21.6. The van der Waals surface area contributed by atoms with E-state index in [1.54, 1.807) is 34.6 Å². The molecule has 1 aliphatic rings. The molecule has 0 saturated carbocycles. The number of nitrogens with one attached hydrogen (secondary N) is 1. The molecule has 0 fully saturated rings. The Hall–Kier alpha value is -2.87. The Morgan fingerprint density at radius 2 is 1.44 bits per heavy atom. The van der Waals surface area contributed by atoms with Gasteiger partial charge in [-0.2, -0.15) is 0 Å². The van der Waals surface area contributed by atoms with Crippen molar-refractivity contribution < 1.29 is 28.6 Å². The highest BCUT2D eigenvalue weighted by molar-refractivity contribution is 9.10. The van der Waals surface area contributed by atoms with E-state index in [1.165, 1.54) is 0 Å². The van der Waals surface area contributed by atoms with Crippen molar-refractivity contribution in [1.82, 2.24) is 5.32 Å². The highest BCUT2D eigenvalue weighted by Crippen LogP contribution is 2.44. The largest absolute Gasteiger partial charge is 0.462 e. The summed E-state index contributed by atoms with van der Waals surface area (Å²) in [5, 5.41) is 2.49. The topological polar surface area (TPSA) is 90.9 Å². The van der Waals surface area contributed by atoms with Gasteiger partial charge in [0, 0.05) is 5.92 Å². The summed E-state index contributed by atoms with van der Waals surface area (Å²) in [5.74, 6) is -1.42. The number of amides is 1. The van der Waals surface area contributed by atoms with Gasteiger partial charge in [0.1, 0.15) is 23.1 Å². The van der Waals surface area contributed by atoms with Crippen molar-refractivity contribution in [1.29, 1.82) is 0 Å². The van der Waals surface area contributed by atoms with Gasteiger partial charge in [0.2, 0.25) is 0 Å². The predicted molar refractivity (Wildman–Crippen MR) is 132 cm³/mol. The number of alkyl halides is 1. The lowest BCUT2D eigenvalue weighted by atomic mass is 9.98. The van der Waals surface area contributed by atoms with E-state index in [0.29, 0.717) is 0 Å². The van der Waals surface area contributed by atoms with Crippen LogP contribution in [0.2, 0.25) is 0 Å². The van der Waals surface area contributed by atoms with Gasteiger partial charge < -0.3 is 19.5 Å². The second-order valence-electron chi connectivity index (χ2n) is 9.63. The van der Waals surface area contributed by atoms with E-state index in [-0.39, 0.29) is 19.1 Å². The summed E-state index contributed by atoms with van der Waals surface area (Å²) >= 11 is 3.22. The number of esters is 2. The van der Waals surface area contributed by atoms with Gasteiger partial charge in [-0.05, 0) is 56.9 Å². The lowest BCUT2D eigenvalue weighted by Crippen LogP contribution is -2.48. The number of halogens is 1. The molecule has 1 N–H and O–H groups in total. The van der Waals surface area contributed by atoms with Crippen LogP contribution in [0.5, 0.6) is 0 Å². The third-order valence-electron chi connectivity index (χ3n) is 5.19. The van der Waals surface area contributed by atoms with Gasteiger partial charge in [-0.15, -0.1) is 0 Å². The molecule has 0 aliphatic heterocycles. The molecule has 0 aromatic heterocycles. The van der Waals surface area contributed by atoms with Crippen molar-refractivity contribution in [2.24, 2.45) is 0 Å². The molecule has 7 nitrogen and oxygen atoms in total. The standard InChI is InChI=1S/C26H30BrNO6/c1-25(2,3)34-22(29)21(15-32-23(30)26(4,5)27)28-24(31)33-14-20-18-12-8-6-10-16(18)17-11-7-9-13-19(17)20/h6-13,20-21H,14-15H2,1-5H3,(H,28,31)/t21-/m0/s1. The number of rotatable bonds is 7. The summed E-state index contributed by atoms with van der Waals surface area (Å²) < 4.78 is 15.2. The van der Waals surface area contributed by atoms with Gasteiger partial charge in [-0.25, -0.2) is 9.59 Å². The first-order valence-electron chi connectivity index (χ1n) is 11.1.